The summed E-state index contributed by atoms with van der Waals surface area (Å²) in [6.07, 6.45) is 1.13. The molecule has 138 valence electrons. The Morgan fingerprint density at radius 3 is 3.04 bits per heavy atom. The lowest BCUT2D eigenvalue weighted by atomic mass is 10.0. The number of hydrogen-bond donors (Lipinski definition) is 2. The summed E-state index contributed by atoms with van der Waals surface area (Å²) in [5.41, 5.74) is 2.37. The van der Waals surface area contributed by atoms with Gasteiger partial charge in [-0.3, -0.25) is 9.59 Å². The van der Waals surface area contributed by atoms with Gasteiger partial charge in [0.15, 0.2) is 0 Å². The van der Waals surface area contributed by atoms with Gasteiger partial charge < -0.3 is 15.0 Å². The molecule has 0 bridgehead atoms. The molecule has 6 nitrogen and oxygen atoms in total. The highest BCUT2D eigenvalue weighted by atomic mass is 35.5. The first-order chi connectivity index (χ1) is 13.1. The van der Waals surface area contributed by atoms with Gasteiger partial charge in [-0.2, -0.15) is 0 Å². The van der Waals surface area contributed by atoms with Gasteiger partial charge >= 0.3 is 0 Å². The predicted molar refractivity (Wildman–Crippen MR) is 103 cm³/mol. The molecule has 0 spiro atoms. The molecule has 2 N–H and O–H groups in total. The maximum absolute atomic E-state index is 12.4. The van der Waals surface area contributed by atoms with Gasteiger partial charge in [0.2, 0.25) is 5.91 Å². The number of H-pyrrole nitrogens is 1. The van der Waals surface area contributed by atoms with Gasteiger partial charge in [-0.15, -0.1) is 0 Å². The molecule has 1 atom stereocenters. The summed E-state index contributed by atoms with van der Waals surface area (Å²) < 4.78 is 5.61. The fraction of sp³-hybridized carbons (Fsp3) is 0.250. The third-order valence-electron chi connectivity index (χ3n) is 4.61. The molecular formula is C20H18ClN3O3. The zero-order valence-corrected chi connectivity index (χ0v) is 15.3. The summed E-state index contributed by atoms with van der Waals surface area (Å²) in [5, 5.41) is 3.61. The first-order valence-electron chi connectivity index (χ1n) is 8.80. The van der Waals surface area contributed by atoms with Crippen molar-refractivity contribution < 1.29 is 9.53 Å². The lowest BCUT2D eigenvalue weighted by Gasteiger charge is -2.26. The number of aromatic nitrogens is 2. The van der Waals surface area contributed by atoms with Crippen LogP contribution in [0.25, 0.3) is 11.0 Å². The fourth-order valence-electron chi connectivity index (χ4n) is 3.25. The van der Waals surface area contributed by atoms with Gasteiger partial charge in [-0.1, -0.05) is 23.7 Å². The van der Waals surface area contributed by atoms with Crippen molar-refractivity contribution in [3.05, 3.63) is 69.1 Å². The molecule has 0 aliphatic carbocycles. The second kappa shape index (κ2) is 7.40. The van der Waals surface area contributed by atoms with Gasteiger partial charge in [0, 0.05) is 29.8 Å². The molecule has 1 aliphatic rings. The molecule has 0 saturated carbocycles. The van der Waals surface area contributed by atoms with E-state index in [0.717, 1.165) is 11.3 Å². The van der Waals surface area contributed by atoms with Crippen molar-refractivity contribution in [1.82, 2.24) is 15.3 Å². The lowest BCUT2D eigenvalue weighted by molar-refractivity contribution is -0.122. The van der Waals surface area contributed by atoms with Gasteiger partial charge in [0.1, 0.15) is 11.4 Å². The molecule has 0 radical (unpaired) electrons. The Bertz CT molecular complexity index is 1060. The molecule has 4 rings (SSSR count). The Kier molecular flexibility index (Phi) is 4.81. The summed E-state index contributed by atoms with van der Waals surface area (Å²) >= 11 is 6.07. The Labute approximate surface area is 160 Å². The average Bonchev–Trinajstić information content (AvgIpc) is 2.67. The molecule has 7 heteroatoms. The van der Waals surface area contributed by atoms with Crippen molar-refractivity contribution in [1.29, 1.82) is 0 Å². The van der Waals surface area contributed by atoms with Crippen LogP contribution in [0.5, 0.6) is 5.75 Å². The number of hydrogen-bond acceptors (Lipinski definition) is 4. The number of para-hydroxylation sites is 2. The number of rotatable bonds is 4. The maximum Gasteiger partial charge on any atom is 0.270 e. The number of halogens is 1. The van der Waals surface area contributed by atoms with E-state index in [2.05, 4.69) is 15.3 Å². The number of nitrogens with zero attached hydrogens (tertiary/aromatic N) is 1. The second-order valence-electron chi connectivity index (χ2n) is 6.47. The smallest absolute Gasteiger partial charge is 0.270 e. The zero-order chi connectivity index (χ0) is 18.8. The molecule has 27 heavy (non-hydrogen) atoms. The van der Waals surface area contributed by atoms with Gasteiger partial charge in [0.25, 0.3) is 5.56 Å². The number of carbonyl (C=O) groups excluding carboxylic acids is 1. The standard InChI is InChI=1S/C20H18ClN3O3/c21-12-5-7-18-13(11-12)14(9-10-27-18)23-19(25)8-6-17-20(26)24-16-4-2-1-3-15(16)22-17/h1-5,7,11,14H,6,8-10H2,(H,23,25)(H,24,26). The van der Waals surface area contributed by atoms with Crippen LogP contribution >= 0.6 is 11.6 Å². The molecule has 2 heterocycles. The highest BCUT2D eigenvalue weighted by molar-refractivity contribution is 6.30. The number of nitrogens with one attached hydrogen (secondary N) is 2. The van der Waals surface area contributed by atoms with Crippen molar-refractivity contribution in [2.24, 2.45) is 0 Å². The Morgan fingerprint density at radius 2 is 2.15 bits per heavy atom. The van der Waals surface area contributed by atoms with E-state index in [4.69, 9.17) is 16.3 Å². The van der Waals surface area contributed by atoms with E-state index >= 15 is 0 Å². The summed E-state index contributed by atoms with van der Waals surface area (Å²) in [4.78, 5) is 31.8. The molecule has 1 unspecified atom stereocenters. The Balaban J connectivity index is 1.45. The van der Waals surface area contributed by atoms with E-state index in [1.54, 1.807) is 12.1 Å². The predicted octanol–water partition coefficient (Wildman–Crippen LogP) is 3.15. The van der Waals surface area contributed by atoms with Crippen molar-refractivity contribution in [3.8, 4) is 5.75 Å². The van der Waals surface area contributed by atoms with E-state index in [1.807, 2.05) is 30.3 Å². The second-order valence-corrected chi connectivity index (χ2v) is 6.91. The number of carbonyl (C=O) groups is 1. The largest absolute Gasteiger partial charge is 0.493 e. The highest BCUT2D eigenvalue weighted by Crippen LogP contribution is 2.34. The zero-order valence-electron chi connectivity index (χ0n) is 14.5. The molecule has 1 amide bonds. The first-order valence-corrected chi connectivity index (χ1v) is 9.17. The molecule has 0 saturated heterocycles. The number of benzene rings is 2. The molecule has 0 fully saturated rings. The topological polar surface area (TPSA) is 84.1 Å². The van der Waals surface area contributed by atoms with Crippen molar-refractivity contribution in [3.63, 3.8) is 0 Å². The van der Waals surface area contributed by atoms with E-state index in [9.17, 15) is 9.59 Å². The van der Waals surface area contributed by atoms with E-state index in [0.29, 0.717) is 34.8 Å². The summed E-state index contributed by atoms with van der Waals surface area (Å²) in [7, 11) is 0. The van der Waals surface area contributed by atoms with E-state index in [-0.39, 0.29) is 30.3 Å². The highest BCUT2D eigenvalue weighted by Gasteiger charge is 2.23. The van der Waals surface area contributed by atoms with Crippen LogP contribution in [0.1, 0.15) is 30.1 Å². The summed E-state index contributed by atoms with van der Waals surface area (Å²) in [5.74, 6) is 0.603. The third kappa shape index (κ3) is 3.80. The minimum Gasteiger partial charge on any atom is -0.493 e. The van der Waals surface area contributed by atoms with Crippen LogP contribution in [-0.2, 0) is 11.2 Å². The molecule has 1 aliphatic heterocycles. The maximum atomic E-state index is 12.4. The van der Waals surface area contributed by atoms with E-state index in [1.165, 1.54) is 0 Å². The van der Waals surface area contributed by atoms with Crippen molar-refractivity contribution in [2.75, 3.05) is 6.61 Å². The summed E-state index contributed by atoms with van der Waals surface area (Å²) in [6.45, 7) is 0.533. The average molecular weight is 384 g/mol. The number of ether oxygens (including phenoxy) is 1. The van der Waals surface area contributed by atoms with Crippen LogP contribution in [0.2, 0.25) is 5.02 Å². The number of amides is 1. The van der Waals surface area contributed by atoms with Crippen LogP contribution in [0.15, 0.2) is 47.3 Å². The number of aromatic amines is 1. The van der Waals surface area contributed by atoms with Crippen LogP contribution in [-0.4, -0.2) is 22.5 Å². The minimum absolute atomic E-state index is 0.137. The Morgan fingerprint density at radius 1 is 1.30 bits per heavy atom. The molecule has 2 aromatic carbocycles. The monoisotopic (exact) mass is 383 g/mol. The fourth-order valence-corrected chi connectivity index (χ4v) is 3.43. The van der Waals surface area contributed by atoms with Crippen molar-refractivity contribution in [2.45, 2.75) is 25.3 Å². The van der Waals surface area contributed by atoms with E-state index < -0.39 is 0 Å². The molecule has 1 aromatic heterocycles. The third-order valence-corrected chi connectivity index (χ3v) is 4.84. The summed E-state index contributed by atoms with van der Waals surface area (Å²) in [6, 6.07) is 12.6. The first kappa shape index (κ1) is 17.5. The minimum atomic E-state index is -0.260. The van der Waals surface area contributed by atoms with Gasteiger partial charge in [0.05, 0.1) is 23.7 Å². The SMILES string of the molecule is O=C(CCc1nc2ccccc2[nH]c1=O)NC1CCOc2ccc(Cl)cc21. The van der Waals surface area contributed by atoms with Crippen LogP contribution in [0.3, 0.4) is 0 Å². The lowest BCUT2D eigenvalue weighted by Crippen LogP contribution is -2.32. The quantitative estimate of drug-likeness (QED) is 0.724. The van der Waals surface area contributed by atoms with Gasteiger partial charge in [-0.05, 0) is 30.3 Å². The molecular weight excluding hydrogens is 366 g/mol. The number of fused-ring (bicyclic) bond motifs is 2. The number of aryl methyl sites for hydroxylation is 1. The molecule has 3 aromatic rings. The van der Waals surface area contributed by atoms with Crippen LogP contribution in [0.4, 0.5) is 0 Å². The van der Waals surface area contributed by atoms with Crippen molar-refractivity contribution >= 4 is 28.5 Å². The van der Waals surface area contributed by atoms with Crippen LogP contribution in [0, 0.1) is 0 Å². The van der Waals surface area contributed by atoms with Gasteiger partial charge in [-0.25, -0.2) is 4.98 Å². The normalized spacial score (nSPS) is 15.8. The Hall–Kier alpha value is -2.86. The van der Waals surface area contributed by atoms with Crippen LogP contribution < -0.4 is 15.6 Å².